The summed E-state index contributed by atoms with van der Waals surface area (Å²) in [6.07, 6.45) is 0.603. The Morgan fingerprint density at radius 3 is 2.75 bits per heavy atom. The molecule has 2 unspecified atom stereocenters. The second-order valence-electron chi connectivity index (χ2n) is 3.33. The maximum Gasteiger partial charge on any atom is 0.189 e. The molecule has 3 nitrogen and oxygen atoms in total. The van der Waals surface area contributed by atoms with Gasteiger partial charge >= 0.3 is 0 Å². The van der Waals surface area contributed by atoms with E-state index >= 15 is 0 Å². The van der Waals surface area contributed by atoms with E-state index in [9.17, 15) is 9.90 Å². The highest BCUT2D eigenvalue weighted by atomic mass is 35.5. The first-order valence-electron chi connectivity index (χ1n) is 4.58. The smallest absolute Gasteiger partial charge is 0.189 e. The van der Waals surface area contributed by atoms with Gasteiger partial charge in [0, 0.05) is 15.6 Å². The van der Waals surface area contributed by atoms with Gasteiger partial charge in [0.05, 0.1) is 0 Å². The second-order valence-corrected chi connectivity index (χ2v) is 4.18. The molecule has 0 saturated heterocycles. The van der Waals surface area contributed by atoms with Crippen molar-refractivity contribution in [1.82, 2.24) is 0 Å². The molecule has 0 radical (unpaired) electrons. The van der Waals surface area contributed by atoms with Gasteiger partial charge in [0.2, 0.25) is 0 Å². The topological polar surface area (TPSA) is 46.5 Å². The monoisotopic (exact) mass is 258 g/mol. The predicted molar refractivity (Wildman–Crippen MR) is 60.4 cm³/mol. The van der Waals surface area contributed by atoms with E-state index < -0.39 is 12.4 Å². The van der Waals surface area contributed by atoms with E-state index in [1.807, 2.05) is 0 Å². The summed E-state index contributed by atoms with van der Waals surface area (Å²) in [6.45, 7) is 0. The van der Waals surface area contributed by atoms with Crippen LogP contribution in [0.4, 0.5) is 0 Å². The fraction of sp³-hybridized carbons (Fsp3) is 0.182. The van der Waals surface area contributed by atoms with Crippen LogP contribution in [0.2, 0.25) is 10.0 Å². The van der Waals surface area contributed by atoms with Gasteiger partial charge in [0.25, 0.3) is 0 Å². The Morgan fingerprint density at radius 2 is 2.06 bits per heavy atom. The molecule has 0 aliphatic carbocycles. The molecule has 5 heteroatoms. The third-order valence-electron chi connectivity index (χ3n) is 2.20. The van der Waals surface area contributed by atoms with E-state index in [4.69, 9.17) is 27.9 Å². The van der Waals surface area contributed by atoms with Gasteiger partial charge < -0.3 is 9.84 Å². The molecule has 0 spiro atoms. The van der Waals surface area contributed by atoms with Crippen molar-refractivity contribution < 1.29 is 14.6 Å². The van der Waals surface area contributed by atoms with Crippen molar-refractivity contribution in [2.45, 2.75) is 12.4 Å². The molecule has 1 N–H and O–H groups in total. The second kappa shape index (κ2) is 4.55. The van der Waals surface area contributed by atoms with Crippen LogP contribution in [0.5, 0.6) is 0 Å². The molecule has 1 heterocycles. The molecule has 16 heavy (non-hydrogen) atoms. The maximum atomic E-state index is 11.6. The molecule has 0 amide bonds. The molecule has 0 bridgehead atoms. The minimum Gasteiger partial charge on any atom is -0.365 e. The van der Waals surface area contributed by atoms with Crippen molar-refractivity contribution in [3.63, 3.8) is 0 Å². The number of ketones is 1. The molecule has 1 aliphatic heterocycles. The van der Waals surface area contributed by atoms with E-state index in [-0.39, 0.29) is 5.78 Å². The van der Waals surface area contributed by atoms with Crippen LogP contribution in [0.25, 0.3) is 0 Å². The minimum absolute atomic E-state index is 0.255. The normalized spacial score (nSPS) is 24.8. The zero-order valence-corrected chi connectivity index (χ0v) is 9.57. The Labute approximate surface area is 102 Å². The standard InChI is InChI=1S/C11H8Cl2O3/c12-6-1-2-7(8(13)5-6)11-9(14)3-4-10(15)16-11/h1-5,10-11,15H. The van der Waals surface area contributed by atoms with Crippen LogP contribution in [0.15, 0.2) is 30.4 Å². The van der Waals surface area contributed by atoms with Crippen molar-refractivity contribution in [2.24, 2.45) is 0 Å². The van der Waals surface area contributed by atoms with Gasteiger partial charge in [-0.15, -0.1) is 0 Å². The first kappa shape index (κ1) is 11.6. The zero-order chi connectivity index (χ0) is 11.7. The van der Waals surface area contributed by atoms with Gasteiger partial charge in [0.15, 0.2) is 12.1 Å². The molecule has 1 aliphatic rings. The van der Waals surface area contributed by atoms with Crippen LogP contribution in [-0.4, -0.2) is 17.2 Å². The number of halogens is 2. The van der Waals surface area contributed by atoms with Gasteiger partial charge in [-0.05, 0) is 24.3 Å². The summed E-state index contributed by atoms with van der Waals surface area (Å²) >= 11 is 11.7. The highest BCUT2D eigenvalue weighted by Gasteiger charge is 2.27. The zero-order valence-electron chi connectivity index (χ0n) is 8.06. The fourth-order valence-corrected chi connectivity index (χ4v) is 1.96. The molecular formula is C11H8Cl2O3. The van der Waals surface area contributed by atoms with Gasteiger partial charge in [0.1, 0.15) is 6.10 Å². The van der Waals surface area contributed by atoms with E-state index in [0.717, 1.165) is 0 Å². The lowest BCUT2D eigenvalue weighted by Gasteiger charge is -2.22. The maximum absolute atomic E-state index is 11.6. The van der Waals surface area contributed by atoms with E-state index in [1.54, 1.807) is 12.1 Å². The Bertz CT molecular complexity index is 457. The number of hydrogen-bond acceptors (Lipinski definition) is 3. The van der Waals surface area contributed by atoms with Crippen LogP contribution < -0.4 is 0 Å². The summed E-state index contributed by atoms with van der Waals surface area (Å²) in [7, 11) is 0. The van der Waals surface area contributed by atoms with Crippen LogP contribution in [0.1, 0.15) is 11.7 Å². The van der Waals surface area contributed by atoms with E-state index in [1.165, 1.54) is 18.2 Å². The molecule has 0 saturated carbocycles. The number of carbonyl (C=O) groups is 1. The molecule has 0 fully saturated rings. The van der Waals surface area contributed by atoms with Crippen LogP contribution in [-0.2, 0) is 9.53 Å². The molecule has 1 aromatic carbocycles. The summed E-state index contributed by atoms with van der Waals surface area (Å²) in [5.74, 6) is -0.255. The van der Waals surface area contributed by atoms with Gasteiger partial charge in [-0.3, -0.25) is 4.79 Å². The van der Waals surface area contributed by atoms with Crippen LogP contribution in [0, 0.1) is 0 Å². The number of hydrogen-bond donors (Lipinski definition) is 1. The third kappa shape index (κ3) is 2.28. The van der Waals surface area contributed by atoms with Crippen molar-refractivity contribution >= 4 is 29.0 Å². The van der Waals surface area contributed by atoms with Gasteiger partial charge in [-0.25, -0.2) is 0 Å². The SMILES string of the molecule is O=C1C=CC(O)OC1c1ccc(Cl)cc1Cl. The number of ether oxygens (including phenoxy) is 1. The first-order chi connectivity index (χ1) is 7.58. The lowest BCUT2D eigenvalue weighted by Crippen LogP contribution is -2.25. The molecule has 1 aromatic rings. The number of benzene rings is 1. The largest absolute Gasteiger partial charge is 0.365 e. The first-order valence-corrected chi connectivity index (χ1v) is 5.34. The lowest BCUT2D eigenvalue weighted by atomic mass is 10.0. The Balaban J connectivity index is 2.37. The average molecular weight is 259 g/mol. The number of aliphatic hydroxyl groups excluding tert-OH is 1. The van der Waals surface area contributed by atoms with Gasteiger partial charge in [-0.1, -0.05) is 29.3 Å². The molecule has 2 atom stereocenters. The fourth-order valence-electron chi connectivity index (χ4n) is 1.46. The lowest BCUT2D eigenvalue weighted by molar-refractivity contribution is -0.149. The molecule has 0 aromatic heterocycles. The summed E-state index contributed by atoms with van der Waals surface area (Å²) < 4.78 is 5.10. The Morgan fingerprint density at radius 1 is 1.31 bits per heavy atom. The summed E-state index contributed by atoms with van der Waals surface area (Å²) in [6, 6.07) is 4.75. The molecule has 84 valence electrons. The van der Waals surface area contributed by atoms with Crippen LogP contribution in [0.3, 0.4) is 0 Å². The summed E-state index contributed by atoms with van der Waals surface area (Å²) in [5, 5.41) is 10.1. The van der Waals surface area contributed by atoms with E-state index in [2.05, 4.69) is 0 Å². The number of rotatable bonds is 1. The Kier molecular flexibility index (Phi) is 3.30. The molecule has 2 rings (SSSR count). The van der Waals surface area contributed by atoms with Crippen molar-refractivity contribution in [3.8, 4) is 0 Å². The molecular weight excluding hydrogens is 251 g/mol. The van der Waals surface area contributed by atoms with Crippen molar-refractivity contribution in [2.75, 3.05) is 0 Å². The predicted octanol–water partition coefficient (Wildman–Crippen LogP) is 2.51. The van der Waals surface area contributed by atoms with E-state index in [0.29, 0.717) is 15.6 Å². The quantitative estimate of drug-likeness (QED) is 0.842. The van der Waals surface area contributed by atoms with Crippen molar-refractivity contribution in [1.29, 1.82) is 0 Å². The summed E-state index contributed by atoms with van der Waals surface area (Å²) in [4.78, 5) is 11.6. The van der Waals surface area contributed by atoms with Crippen molar-refractivity contribution in [3.05, 3.63) is 46.0 Å². The number of aliphatic hydroxyl groups is 1. The minimum atomic E-state index is -1.09. The highest BCUT2D eigenvalue weighted by Crippen LogP contribution is 2.31. The third-order valence-corrected chi connectivity index (χ3v) is 2.77. The van der Waals surface area contributed by atoms with Crippen LogP contribution >= 0.6 is 23.2 Å². The highest BCUT2D eigenvalue weighted by molar-refractivity contribution is 6.35. The Hall–Kier alpha value is -0.870. The van der Waals surface area contributed by atoms with Gasteiger partial charge in [-0.2, -0.15) is 0 Å². The summed E-state index contributed by atoms with van der Waals surface area (Å²) in [5.41, 5.74) is 0.500. The number of carbonyl (C=O) groups excluding carboxylic acids is 1. The average Bonchev–Trinajstić information content (AvgIpc) is 2.22.